The minimum atomic E-state index is -1.26. The van der Waals surface area contributed by atoms with Gasteiger partial charge in [0, 0.05) is 12.5 Å². The first kappa shape index (κ1) is 9.74. The number of hydrogen-bond acceptors (Lipinski definition) is 4. The second-order valence-electron chi connectivity index (χ2n) is 2.02. The van der Waals surface area contributed by atoms with Gasteiger partial charge in [0.05, 0.1) is 5.97 Å². The number of carbonyl (C=O) groups excluding carboxylic acids is 1. The molecular formula is C5H11NO3S. The largest absolute Gasteiger partial charge is 0.548 e. The second kappa shape index (κ2) is 4.54. The predicted octanol–water partition coefficient (Wildman–Crippen LogP) is -1.83. The van der Waals surface area contributed by atoms with Crippen molar-refractivity contribution >= 4 is 17.1 Å². The molecule has 0 aromatic rings. The molecule has 0 saturated carbocycles. The van der Waals surface area contributed by atoms with Gasteiger partial charge in [-0.25, -0.2) is 0 Å². The van der Waals surface area contributed by atoms with Crippen molar-refractivity contribution in [2.75, 3.05) is 12.0 Å². The number of carboxylic acid groups (broad SMARTS) is 1. The Morgan fingerprint density at radius 3 is 2.70 bits per heavy atom. The van der Waals surface area contributed by atoms with Gasteiger partial charge in [0.25, 0.3) is 0 Å². The Morgan fingerprint density at radius 2 is 2.40 bits per heavy atom. The summed E-state index contributed by atoms with van der Waals surface area (Å²) in [7, 11) is 0. The Morgan fingerprint density at radius 1 is 1.90 bits per heavy atom. The zero-order valence-corrected chi connectivity index (χ0v) is 6.56. The fourth-order valence-corrected chi connectivity index (χ4v) is 1.01. The highest BCUT2D eigenvalue weighted by Crippen LogP contribution is 1.92. The maximum Gasteiger partial charge on any atom is 0.142 e. The number of aliphatic carboxylic acids is 1. The van der Waals surface area contributed by atoms with Crippen LogP contribution < -0.4 is 10.8 Å². The first-order valence-corrected chi connectivity index (χ1v) is 4.58. The number of carboxylic acids is 1. The Bertz CT molecular complexity index is 117. The van der Waals surface area contributed by atoms with Crippen molar-refractivity contribution in [1.82, 2.24) is 0 Å². The molecule has 2 unspecified atom stereocenters. The Balaban J connectivity index is 3.40. The number of carbonyl (C=O) groups is 1. The molecule has 0 heterocycles. The van der Waals surface area contributed by atoms with E-state index >= 15 is 0 Å². The quantitative estimate of drug-likeness (QED) is 0.480. The van der Waals surface area contributed by atoms with Crippen LogP contribution in [0.5, 0.6) is 0 Å². The van der Waals surface area contributed by atoms with E-state index in [1.165, 1.54) is 0 Å². The molecule has 0 amide bonds. The van der Waals surface area contributed by atoms with Crippen LogP contribution in [0.15, 0.2) is 0 Å². The summed E-state index contributed by atoms with van der Waals surface area (Å²) in [5, 5.41) is 10.00. The summed E-state index contributed by atoms with van der Waals surface area (Å²) < 4.78 is 8.74. The van der Waals surface area contributed by atoms with E-state index in [2.05, 4.69) is 0 Å². The Labute approximate surface area is 62.6 Å². The molecular weight excluding hydrogens is 154 g/mol. The van der Waals surface area contributed by atoms with Gasteiger partial charge < -0.3 is 15.6 Å². The van der Waals surface area contributed by atoms with E-state index in [1.54, 1.807) is 6.26 Å². The molecule has 0 aliphatic heterocycles. The van der Waals surface area contributed by atoms with Crippen LogP contribution >= 0.6 is 0 Å². The van der Waals surface area contributed by atoms with E-state index in [9.17, 15) is 9.90 Å². The third-order valence-corrected chi connectivity index (χ3v) is 1.85. The standard InChI is InChI=1S/C5H11NO3S/c1-10(9)3-2-4(6)5(7)8/h4,9H,2-3,6H2,1H3. The fourth-order valence-electron chi connectivity index (χ4n) is 0.415. The molecule has 4 nitrogen and oxygen atoms in total. The van der Waals surface area contributed by atoms with Crippen molar-refractivity contribution in [3.63, 3.8) is 0 Å². The van der Waals surface area contributed by atoms with Gasteiger partial charge in [-0.2, -0.15) is 4.55 Å². The fraction of sp³-hybridized carbons (Fsp3) is 0.800. The van der Waals surface area contributed by atoms with Crippen LogP contribution in [-0.4, -0.2) is 28.6 Å². The molecule has 0 spiro atoms. The molecule has 0 fully saturated rings. The molecule has 0 aromatic carbocycles. The summed E-state index contributed by atoms with van der Waals surface area (Å²) in [5.41, 5.74) is 5.10. The van der Waals surface area contributed by atoms with Crippen molar-refractivity contribution in [2.24, 2.45) is 5.73 Å². The molecule has 3 N–H and O–H groups in total. The molecule has 0 rings (SSSR count). The van der Waals surface area contributed by atoms with Crippen molar-refractivity contribution in [2.45, 2.75) is 12.5 Å². The van der Waals surface area contributed by atoms with Crippen molar-refractivity contribution in [3.05, 3.63) is 0 Å². The molecule has 0 aromatic heterocycles. The van der Waals surface area contributed by atoms with Crippen molar-refractivity contribution < 1.29 is 14.5 Å². The summed E-state index contributed by atoms with van der Waals surface area (Å²) >= 11 is -0.724. The minimum absolute atomic E-state index is 0.276. The number of hydrogen-bond donors (Lipinski definition) is 2. The summed E-state index contributed by atoms with van der Waals surface area (Å²) in [6, 6.07) is -0.943. The lowest BCUT2D eigenvalue weighted by molar-refractivity contribution is -0.307. The van der Waals surface area contributed by atoms with Gasteiger partial charge >= 0.3 is 0 Å². The molecule has 0 aliphatic rings. The predicted molar refractivity (Wildman–Crippen MR) is 38.4 cm³/mol. The molecule has 2 atom stereocenters. The lowest BCUT2D eigenvalue weighted by Crippen LogP contribution is -2.42. The molecule has 5 heteroatoms. The van der Waals surface area contributed by atoms with Gasteiger partial charge in [0.1, 0.15) is 23.2 Å². The topological polar surface area (TPSA) is 86.4 Å². The van der Waals surface area contributed by atoms with Gasteiger partial charge in [0.2, 0.25) is 0 Å². The Hall–Kier alpha value is -0.260. The summed E-state index contributed by atoms with van der Waals surface area (Å²) in [5.74, 6) is -0.833. The van der Waals surface area contributed by atoms with E-state index < -0.39 is 23.2 Å². The minimum Gasteiger partial charge on any atom is -0.548 e. The van der Waals surface area contributed by atoms with E-state index in [4.69, 9.17) is 10.3 Å². The van der Waals surface area contributed by atoms with Crippen LogP contribution in [0.25, 0.3) is 0 Å². The number of nitrogens with two attached hydrogens (primary N) is 1. The first-order chi connectivity index (χ1) is 4.54. The molecule has 0 bridgehead atoms. The number of rotatable bonds is 4. The van der Waals surface area contributed by atoms with E-state index in [-0.39, 0.29) is 6.42 Å². The molecule has 0 saturated heterocycles. The third-order valence-electron chi connectivity index (χ3n) is 1.03. The van der Waals surface area contributed by atoms with Crippen LogP contribution in [0, 0.1) is 0 Å². The summed E-state index contributed by atoms with van der Waals surface area (Å²) in [6.45, 7) is 0. The summed E-state index contributed by atoms with van der Waals surface area (Å²) in [6.07, 6.45) is 1.89. The highest BCUT2D eigenvalue weighted by atomic mass is 32.2. The lowest BCUT2D eigenvalue weighted by Gasteiger charge is -2.09. The summed E-state index contributed by atoms with van der Waals surface area (Å²) in [4.78, 5) is 10.00. The molecule has 0 radical (unpaired) electrons. The first-order valence-electron chi connectivity index (χ1n) is 2.82. The van der Waals surface area contributed by atoms with Crippen LogP contribution in [-0.2, 0) is 16.0 Å². The van der Waals surface area contributed by atoms with E-state index in [0.717, 1.165) is 0 Å². The lowest BCUT2D eigenvalue weighted by atomic mass is 10.2. The monoisotopic (exact) mass is 165 g/mol. The molecule has 10 heavy (non-hydrogen) atoms. The smallest absolute Gasteiger partial charge is 0.142 e. The third kappa shape index (κ3) is 4.60. The van der Waals surface area contributed by atoms with Crippen LogP contribution in [0.1, 0.15) is 6.42 Å². The van der Waals surface area contributed by atoms with Gasteiger partial charge in [0.15, 0.2) is 0 Å². The zero-order valence-electron chi connectivity index (χ0n) is 5.74. The molecule has 0 aliphatic carbocycles. The maximum absolute atomic E-state index is 10.00. The maximum atomic E-state index is 10.00. The highest BCUT2D eigenvalue weighted by molar-refractivity contribution is 7.90. The van der Waals surface area contributed by atoms with E-state index in [0.29, 0.717) is 5.75 Å². The average Bonchev–Trinajstić information content (AvgIpc) is 1.82. The van der Waals surface area contributed by atoms with Crippen molar-refractivity contribution in [1.29, 1.82) is 0 Å². The second-order valence-corrected chi connectivity index (χ2v) is 3.63. The van der Waals surface area contributed by atoms with Gasteiger partial charge in [-0.3, -0.25) is 0 Å². The van der Waals surface area contributed by atoms with Gasteiger partial charge in [-0.15, -0.1) is 0 Å². The van der Waals surface area contributed by atoms with E-state index in [1.807, 2.05) is 0 Å². The normalized spacial score (nSPS) is 16.3. The van der Waals surface area contributed by atoms with Crippen molar-refractivity contribution in [3.8, 4) is 0 Å². The SMILES string of the molecule is C[S+](O)CCC(N)C(=O)[O-]. The molecule has 60 valence electrons. The van der Waals surface area contributed by atoms with Crippen LogP contribution in [0.2, 0.25) is 0 Å². The van der Waals surface area contributed by atoms with Gasteiger partial charge in [-0.05, 0) is 0 Å². The van der Waals surface area contributed by atoms with Crippen LogP contribution in [0.3, 0.4) is 0 Å². The highest BCUT2D eigenvalue weighted by Gasteiger charge is 2.10. The van der Waals surface area contributed by atoms with Crippen LogP contribution in [0.4, 0.5) is 0 Å². The van der Waals surface area contributed by atoms with Gasteiger partial charge in [-0.1, -0.05) is 0 Å². The Kier molecular flexibility index (Phi) is 4.42. The zero-order chi connectivity index (χ0) is 8.15. The average molecular weight is 165 g/mol.